The summed E-state index contributed by atoms with van der Waals surface area (Å²) in [5.74, 6) is 0.359. The Kier molecular flexibility index (Phi) is 7.69. The summed E-state index contributed by atoms with van der Waals surface area (Å²) in [6.07, 6.45) is 12.1. The smallest absolute Gasteiger partial charge is 0.130 e. The first kappa shape index (κ1) is 28.5. The quantitative estimate of drug-likeness (QED) is 0.248. The summed E-state index contributed by atoms with van der Waals surface area (Å²) in [5, 5.41) is 4.21. The van der Waals surface area contributed by atoms with Crippen molar-refractivity contribution < 1.29 is 9.59 Å². The topological polar surface area (TPSA) is 97.3 Å². The third-order valence-corrected chi connectivity index (χ3v) is 8.96. The summed E-state index contributed by atoms with van der Waals surface area (Å²) in [5.41, 5.74) is 13.8. The van der Waals surface area contributed by atoms with E-state index in [9.17, 15) is 9.59 Å². The van der Waals surface area contributed by atoms with Gasteiger partial charge in [-0.25, -0.2) is 0 Å². The van der Waals surface area contributed by atoms with E-state index in [2.05, 4.69) is 85.8 Å². The van der Waals surface area contributed by atoms with Gasteiger partial charge in [-0.2, -0.15) is 0 Å². The molecule has 0 saturated heterocycles. The lowest BCUT2D eigenvalue weighted by atomic mass is 10.0. The predicted molar refractivity (Wildman–Crippen MR) is 167 cm³/mol. The van der Waals surface area contributed by atoms with Crippen molar-refractivity contribution in [2.75, 3.05) is 0 Å². The van der Waals surface area contributed by atoms with E-state index >= 15 is 0 Å². The third-order valence-electron chi connectivity index (χ3n) is 8.96. The summed E-state index contributed by atoms with van der Waals surface area (Å²) in [4.78, 5) is 38.7. The molecule has 0 fully saturated rings. The Labute approximate surface area is 241 Å². The number of carbonyl (C=O) groups excluding carboxylic acids is 2. The van der Waals surface area contributed by atoms with E-state index in [0.29, 0.717) is 25.7 Å². The number of fused-ring (bicyclic) bond motifs is 8. The van der Waals surface area contributed by atoms with E-state index in [1.54, 1.807) is 13.8 Å². The zero-order valence-electron chi connectivity index (χ0n) is 25.7. The van der Waals surface area contributed by atoms with Crippen LogP contribution >= 0.6 is 0 Å². The molecule has 0 spiro atoms. The highest BCUT2D eigenvalue weighted by molar-refractivity contribution is 5.76. The first-order valence-corrected chi connectivity index (χ1v) is 14.7. The molecule has 41 heavy (non-hydrogen) atoms. The highest BCUT2D eigenvalue weighted by atomic mass is 16.1. The van der Waals surface area contributed by atoms with Crippen LogP contribution in [0.15, 0.2) is 0 Å². The van der Waals surface area contributed by atoms with Crippen molar-refractivity contribution in [3.05, 3.63) is 88.7 Å². The molecular weight excluding hydrogens is 508 g/mol. The monoisotopic (exact) mass is 550 g/mol. The second kappa shape index (κ2) is 11.1. The number of hydrogen-bond donors (Lipinski definition) is 4. The normalized spacial score (nSPS) is 12.4. The van der Waals surface area contributed by atoms with Crippen LogP contribution in [-0.4, -0.2) is 31.5 Å². The lowest BCUT2D eigenvalue weighted by Gasteiger charge is -2.02. The fourth-order valence-corrected chi connectivity index (χ4v) is 6.14. The van der Waals surface area contributed by atoms with Crippen LogP contribution in [0.2, 0.25) is 0 Å². The Balaban J connectivity index is 1.90. The number of nitrogens with one attached hydrogen (secondary N) is 4. The second-order valence-corrected chi connectivity index (χ2v) is 11.7. The lowest BCUT2D eigenvalue weighted by molar-refractivity contribution is -0.117. The van der Waals surface area contributed by atoms with Crippen molar-refractivity contribution in [2.45, 2.75) is 87.5 Å². The molecule has 5 heterocycles. The van der Waals surface area contributed by atoms with E-state index in [1.165, 1.54) is 22.3 Å². The molecule has 0 aliphatic carbocycles. The molecule has 4 aromatic heterocycles. The molecule has 1 aliphatic rings. The molecule has 5 rings (SSSR count). The van der Waals surface area contributed by atoms with Gasteiger partial charge in [-0.15, -0.1) is 0 Å². The van der Waals surface area contributed by atoms with Gasteiger partial charge in [0, 0.05) is 57.0 Å². The van der Waals surface area contributed by atoms with Crippen molar-refractivity contribution in [1.82, 2.24) is 19.9 Å². The fraction of sp³-hybridized carbons (Fsp3) is 0.371. The maximum atomic E-state index is 12.0. The Hall–Kier alpha value is -4.06. The van der Waals surface area contributed by atoms with Crippen LogP contribution in [0.1, 0.15) is 101 Å². The van der Waals surface area contributed by atoms with Crippen LogP contribution in [0.5, 0.6) is 0 Å². The van der Waals surface area contributed by atoms with Crippen molar-refractivity contribution in [3.63, 3.8) is 0 Å². The van der Waals surface area contributed by atoms with E-state index < -0.39 is 0 Å². The third kappa shape index (κ3) is 5.35. The Morgan fingerprint density at radius 3 is 1.46 bits per heavy atom. The zero-order valence-corrected chi connectivity index (χ0v) is 25.7. The summed E-state index contributed by atoms with van der Waals surface area (Å²) in [6, 6.07) is 0. The van der Waals surface area contributed by atoms with Crippen LogP contribution < -0.4 is 21.4 Å². The highest BCUT2D eigenvalue weighted by Gasteiger charge is 2.16. The maximum Gasteiger partial charge on any atom is 0.130 e. The van der Waals surface area contributed by atoms with Gasteiger partial charge in [0.05, 0.1) is 0 Å². The van der Waals surface area contributed by atoms with Gasteiger partial charge in [0.15, 0.2) is 0 Å². The van der Waals surface area contributed by atoms with Gasteiger partial charge in [-0.05, 0) is 137 Å². The number of Topliss-reactive ketones (excluding diaryl/α,β-unsaturated/α-hetero) is 2. The molecule has 0 saturated carbocycles. The van der Waals surface area contributed by atoms with Crippen molar-refractivity contribution in [3.8, 4) is 0 Å². The molecule has 6 heteroatoms. The predicted octanol–water partition coefficient (Wildman–Crippen LogP) is 3.78. The molecule has 4 aromatic rings. The number of carbonyl (C=O) groups is 2. The van der Waals surface area contributed by atoms with E-state index in [1.807, 2.05) is 0 Å². The van der Waals surface area contributed by atoms with Gasteiger partial charge < -0.3 is 29.5 Å². The molecule has 6 nitrogen and oxygen atoms in total. The number of ketones is 2. The Morgan fingerprint density at radius 2 is 0.927 bits per heavy atom. The number of aromatic nitrogens is 4. The minimum absolute atomic E-state index is 0.179. The van der Waals surface area contributed by atoms with Crippen molar-refractivity contribution in [2.24, 2.45) is 0 Å². The van der Waals surface area contributed by atoms with Crippen LogP contribution in [0.3, 0.4) is 0 Å². The zero-order chi connectivity index (χ0) is 29.6. The van der Waals surface area contributed by atoms with E-state index in [4.69, 9.17) is 0 Å². The van der Waals surface area contributed by atoms with E-state index in [-0.39, 0.29) is 11.6 Å². The van der Waals surface area contributed by atoms with Gasteiger partial charge in [0.2, 0.25) is 0 Å². The van der Waals surface area contributed by atoms with Crippen LogP contribution in [0.4, 0.5) is 0 Å². The Morgan fingerprint density at radius 1 is 0.512 bits per heavy atom. The second-order valence-electron chi connectivity index (χ2n) is 11.7. The summed E-state index contributed by atoms with van der Waals surface area (Å²) < 4.78 is 0. The summed E-state index contributed by atoms with van der Waals surface area (Å²) in [6.45, 7) is 16.3. The average molecular weight is 551 g/mol. The van der Waals surface area contributed by atoms with Gasteiger partial charge in [-0.1, -0.05) is 6.92 Å². The standard InChI is InChI=1S/C35H42N4O2/c1-9-25-22(6)30-15-32-24(8)27(13-11-19(3)41)35(39-32)17-34-26(12-10-18(2)40)23(7)31(38-34)14-28-20(4)21(5)29(36-28)16-33(25)37-30/h14-17,36-39H,9-13H2,1-8H3. The molecule has 0 atom stereocenters. The summed E-state index contributed by atoms with van der Waals surface area (Å²) >= 11 is 0. The largest absolute Gasteiger partial charge is 0.355 e. The van der Waals surface area contributed by atoms with Gasteiger partial charge in [0.25, 0.3) is 0 Å². The number of aromatic amines is 4. The van der Waals surface area contributed by atoms with Gasteiger partial charge in [0.1, 0.15) is 11.6 Å². The maximum absolute atomic E-state index is 12.0. The number of rotatable bonds is 7. The van der Waals surface area contributed by atoms with E-state index in [0.717, 1.165) is 72.8 Å². The van der Waals surface area contributed by atoms with Crippen LogP contribution in [0, 0.1) is 34.6 Å². The molecule has 1 aliphatic heterocycles. The first-order valence-electron chi connectivity index (χ1n) is 14.7. The summed E-state index contributed by atoms with van der Waals surface area (Å²) in [7, 11) is 0. The van der Waals surface area contributed by atoms with Crippen LogP contribution in [-0.2, 0) is 28.9 Å². The fourth-order valence-electron chi connectivity index (χ4n) is 6.14. The van der Waals surface area contributed by atoms with Crippen LogP contribution in [0.25, 0.3) is 24.3 Å². The SMILES string of the molecule is CCc1c2[nH]c(c1C)C=c1[nH]c(c(CCC(C)=O)c1C)=Cc1[nH]c(c(C)c1CCC(C)=O)C=c1[nH]c(c(C)c1C)=C2. The number of H-pyrrole nitrogens is 4. The molecule has 0 amide bonds. The van der Waals surface area contributed by atoms with Crippen molar-refractivity contribution >= 4 is 35.9 Å². The van der Waals surface area contributed by atoms with Gasteiger partial charge >= 0.3 is 0 Å². The molecule has 8 bridgehead atoms. The minimum atomic E-state index is 0.179. The molecule has 4 N–H and O–H groups in total. The average Bonchev–Trinajstić information content (AvgIpc) is 3.56. The minimum Gasteiger partial charge on any atom is -0.355 e. The lowest BCUT2D eigenvalue weighted by Crippen LogP contribution is -2.13. The van der Waals surface area contributed by atoms with Crippen molar-refractivity contribution in [1.29, 1.82) is 0 Å². The van der Waals surface area contributed by atoms with Gasteiger partial charge in [-0.3, -0.25) is 0 Å². The molecule has 0 aromatic carbocycles. The molecule has 214 valence electrons. The number of hydrogen-bond acceptors (Lipinski definition) is 2. The highest BCUT2D eigenvalue weighted by Crippen LogP contribution is 2.23. The first-order chi connectivity index (χ1) is 19.5. The molecule has 0 unspecified atom stereocenters. The molecular formula is C35H42N4O2. The Bertz CT molecular complexity index is 1930. The molecule has 0 radical (unpaired) electrons.